The largest absolute Gasteiger partial charge is 0.368 e. The average Bonchev–Trinajstić information content (AvgIpc) is 2.68. The van der Waals surface area contributed by atoms with E-state index in [0.717, 1.165) is 18.5 Å². The summed E-state index contributed by atoms with van der Waals surface area (Å²) in [5.41, 5.74) is 0.784. The van der Waals surface area contributed by atoms with Crippen molar-refractivity contribution in [3.63, 3.8) is 0 Å². The summed E-state index contributed by atoms with van der Waals surface area (Å²) in [5, 5.41) is 0. The maximum Gasteiger partial charge on any atom is 0.248 e. The minimum atomic E-state index is 0.0439. The Labute approximate surface area is 149 Å². The molecule has 2 aliphatic rings. The number of hydrogen-bond donors (Lipinski definition) is 0. The Morgan fingerprint density at radius 3 is 2.32 bits per heavy atom. The molecule has 0 spiro atoms. The lowest BCUT2D eigenvalue weighted by atomic mass is 9.98. The van der Waals surface area contributed by atoms with Crippen LogP contribution >= 0.6 is 0 Å². The van der Waals surface area contributed by atoms with E-state index in [1.807, 2.05) is 28.0 Å². The second kappa shape index (κ2) is 8.94. The van der Waals surface area contributed by atoms with E-state index < -0.39 is 0 Å². The highest BCUT2D eigenvalue weighted by molar-refractivity contribution is 5.80. The molecule has 2 heterocycles. The molecule has 0 unspecified atom stereocenters. The van der Waals surface area contributed by atoms with Crippen molar-refractivity contribution in [2.45, 2.75) is 44.6 Å². The lowest BCUT2D eigenvalue weighted by Gasteiger charge is -2.35. The zero-order valence-electron chi connectivity index (χ0n) is 14.7. The van der Waals surface area contributed by atoms with Gasteiger partial charge in [0.2, 0.25) is 11.8 Å². The normalized spacial score (nSPS) is 19.0. The van der Waals surface area contributed by atoms with Crippen molar-refractivity contribution >= 4 is 11.8 Å². The number of nitrogens with zero attached hydrogens (tertiary/aromatic N) is 3. The highest BCUT2D eigenvalue weighted by Crippen LogP contribution is 2.20. The van der Waals surface area contributed by atoms with Crippen molar-refractivity contribution in [1.29, 1.82) is 0 Å². The van der Waals surface area contributed by atoms with E-state index in [1.165, 1.54) is 19.3 Å². The molecule has 1 aliphatic carbocycles. The highest BCUT2D eigenvalue weighted by Gasteiger charge is 2.25. The zero-order valence-corrected chi connectivity index (χ0v) is 14.7. The quantitative estimate of drug-likeness (QED) is 0.814. The Hall–Kier alpha value is -1.95. The summed E-state index contributed by atoms with van der Waals surface area (Å²) in [6.45, 7) is 2.51. The fraction of sp³-hybridized carbons (Fsp3) is 0.632. The summed E-state index contributed by atoms with van der Waals surface area (Å²) in [6, 6.07) is 5.59. The molecule has 0 N–H and O–H groups in total. The van der Waals surface area contributed by atoms with Gasteiger partial charge in [-0.2, -0.15) is 0 Å². The fourth-order valence-electron chi connectivity index (χ4n) is 3.49. The van der Waals surface area contributed by atoms with Gasteiger partial charge in [-0.25, -0.2) is 0 Å². The molecule has 1 aromatic rings. The molecule has 1 aromatic heterocycles. The van der Waals surface area contributed by atoms with Crippen molar-refractivity contribution in [3.8, 4) is 0 Å². The Morgan fingerprint density at radius 1 is 1.00 bits per heavy atom. The number of hydrogen-bond acceptors (Lipinski definition) is 4. The van der Waals surface area contributed by atoms with Gasteiger partial charge in [-0.1, -0.05) is 25.3 Å². The summed E-state index contributed by atoms with van der Waals surface area (Å²) in [4.78, 5) is 32.5. The topological polar surface area (TPSA) is 62.7 Å². The second-order valence-electron chi connectivity index (χ2n) is 6.83. The first-order valence-electron chi connectivity index (χ1n) is 9.29. The lowest BCUT2D eigenvalue weighted by Crippen LogP contribution is -2.52. The van der Waals surface area contributed by atoms with Gasteiger partial charge in [0.15, 0.2) is 0 Å². The Bertz CT molecular complexity index is 565. The molecule has 0 bridgehead atoms. The Morgan fingerprint density at radius 2 is 1.68 bits per heavy atom. The summed E-state index contributed by atoms with van der Waals surface area (Å²) < 4.78 is 5.77. The van der Waals surface area contributed by atoms with Crippen LogP contribution < -0.4 is 0 Å². The van der Waals surface area contributed by atoms with Crippen molar-refractivity contribution in [1.82, 2.24) is 14.8 Å². The van der Waals surface area contributed by atoms with Gasteiger partial charge in [-0.3, -0.25) is 14.6 Å². The van der Waals surface area contributed by atoms with Crippen LogP contribution in [-0.2, 0) is 20.7 Å². The fourth-order valence-corrected chi connectivity index (χ4v) is 3.49. The molecule has 1 aliphatic heterocycles. The van der Waals surface area contributed by atoms with Crippen LogP contribution in [0.1, 0.15) is 37.8 Å². The van der Waals surface area contributed by atoms with Crippen LogP contribution in [0.3, 0.4) is 0 Å². The van der Waals surface area contributed by atoms with Crippen molar-refractivity contribution < 1.29 is 14.3 Å². The molecule has 0 atom stereocenters. The van der Waals surface area contributed by atoms with Gasteiger partial charge in [-0.15, -0.1) is 0 Å². The summed E-state index contributed by atoms with van der Waals surface area (Å²) >= 11 is 0. The molecule has 2 amide bonds. The molecule has 0 radical (unpaired) electrons. The van der Waals surface area contributed by atoms with E-state index >= 15 is 0 Å². The third kappa shape index (κ3) is 5.26. The number of rotatable bonds is 5. The van der Waals surface area contributed by atoms with Gasteiger partial charge < -0.3 is 14.5 Å². The van der Waals surface area contributed by atoms with Crippen LogP contribution in [0.4, 0.5) is 0 Å². The van der Waals surface area contributed by atoms with Crippen LogP contribution in [0.15, 0.2) is 24.4 Å². The maximum absolute atomic E-state index is 12.3. The zero-order chi connectivity index (χ0) is 17.5. The Balaban J connectivity index is 1.38. The molecule has 2 fully saturated rings. The molecule has 0 aromatic carbocycles. The summed E-state index contributed by atoms with van der Waals surface area (Å²) in [5.74, 6) is 0.117. The Kier molecular flexibility index (Phi) is 6.39. The number of ether oxygens (including phenoxy) is 1. The van der Waals surface area contributed by atoms with E-state index in [9.17, 15) is 9.59 Å². The molecular formula is C19H27N3O3. The molecule has 1 saturated heterocycles. The number of aromatic nitrogens is 1. The average molecular weight is 345 g/mol. The molecular weight excluding hydrogens is 318 g/mol. The smallest absolute Gasteiger partial charge is 0.248 e. The number of piperazine rings is 1. The van der Waals surface area contributed by atoms with E-state index in [1.54, 1.807) is 6.20 Å². The van der Waals surface area contributed by atoms with Gasteiger partial charge in [-0.05, 0) is 25.0 Å². The first-order valence-corrected chi connectivity index (χ1v) is 9.29. The third-order valence-corrected chi connectivity index (χ3v) is 5.04. The number of amides is 2. The van der Waals surface area contributed by atoms with Crippen molar-refractivity contribution in [2.24, 2.45) is 0 Å². The van der Waals surface area contributed by atoms with Crippen LogP contribution in [0.2, 0.25) is 0 Å². The molecule has 6 nitrogen and oxygen atoms in total. The predicted octanol–water partition coefficient (Wildman–Crippen LogP) is 1.64. The summed E-state index contributed by atoms with van der Waals surface area (Å²) in [6.07, 6.45) is 8.10. The van der Waals surface area contributed by atoms with Gasteiger partial charge in [0, 0.05) is 38.1 Å². The molecule has 6 heteroatoms. The van der Waals surface area contributed by atoms with Crippen LogP contribution in [-0.4, -0.2) is 65.5 Å². The number of pyridine rings is 1. The molecule has 136 valence electrons. The van der Waals surface area contributed by atoms with Crippen molar-refractivity contribution in [3.05, 3.63) is 30.1 Å². The lowest BCUT2D eigenvalue weighted by molar-refractivity contribution is -0.144. The molecule has 25 heavy (non-hydrogen) atoms. The molecule has 1 saturated carbocycles. The minimum absolute atomic E-state index is 0.0439. The van der Waals surface area contributed by atoms with Gasteiger partial charge in [0.1, 0.15) is 6.61 Å². The van der Waals surface area contributed by atoms with E-state index in [4.69, 9.17) is 4.74 Å². The van der Waals surface area contributed by atoms with E-state index in [0.29, 0.717) is 32.6 Å². The number of carbonyl (C=O) groups is 2. The minimum Gasteiger partial charge on any atom is -0.368 e. The van der Waals surface area contributed by atoms with Crippen LogP contribution in [0.25, 0.3) is 0 Å². The maximum atomic E-state index is 12.3. The van der Waals surface area contributed by atoms with Crippen LogP contribution in [0.5, 0.6) is 0 Å². The van der Waals surface area contributed by atoms with E-state index in [2.05, 4.69) is 4.98 Å². The SMILES string of the molecule is O=C(COC1CCCCC1)N1CCN(C(=O)Cc2ccccn2)CC1. The van der Waals surface area contributed by atoms with Crippen molar-refractivity contribution in [2.75, 3.05) is 32.8 Å². The predicted molar refractivity (Wildman–Crippen MR) is 93.9 cm³/mol. The van der Waals surface area contributed by atoms with Crippen LogP contribution in [0, 0.1) is 0 Å². The number of carbonyl (C=O) groups excluding carboxylic acids is 2. The monoisotopic (exact) mass is 345 g/mol. The summed E-state index contributed by atoms with van der Waals surface area (Å²) in [7, 11) is 0. The van der Waals surface area contributed by atoms with Gasteiger partial charge >= 0.3 is 0 Å². The third-order valence-electron chi connectivity index (χ3n) is 5.04. The first kappa shape index (κ1) is 17.9. The first-order chi connectivity index (χ1) is 12.2. The second-order valence-corrected chi connectivity index (χ2v) is 6.83. The van der Waals surface area contributed by atoms with Gasteiger partial charge in [0.05, 0.1) is 12.5 Å². The van der Waals surface area contributed by atoms with E-state index in [-0.39, 0.29) is 24.5 Å². The highest BCUT2D eigenvalue weighted by atomic mass is 16.5. The van der Waals surface area contributed by atoms with Gasteiger partial charge in [0.25, 0.3) is 0 Å². The standard InChI is InChI=1S/C19H27N3O3/c23-18(14-16-6-4-5-9-20-16)21-10-12-22(13-11-21)19(24)15-25-17-7-2-1-3-8-17/h4-6,9,17H,1-3,7-8,10-15H2. The molecule has 3 rings (SSSR count).